The summed E-state index contributed by atoms with van der Waals surface area (Å²) in [5, 5.41) is 9.25. The normalized spacial score (nSPS) is 28.5. The van der Waals surface area contributed by atoms with Crippen LogP contribution in [0.5, 0.6) is 5.75 Å². The molecule has 0 spiro atoms. The van der Waals surface area contributed by atoms with Crippen LogP contribution < -0.4 is 4.74 Å². The van der Waals surface area contributed by atoms with Crippen LogP contribution in [0.1, 0.15) is 12.8 Å². The summed E-state index contributed by atoms with van der Waals surface area (Å²) in [6.07, 6.45) is 0.826. The summed E-state index contributed by atoms with van der Waals surface area (Å²) in [6, 6.07) is 4.09. The predicted molar refractivity (Wildman–Crippen MR) is 71.6 cm³/mol. The van der Waals surface area contributed by atoms with Gasteiger partial charge in [0.05, 0.1) is 11.1 Å². The van der Waals surface area contributed by atoms with E-state index in [4.69, 9.17) is 21.4 Å². The molecule has 2 fully saturated rings. The van der Waals surface area contributed by atoms with E-state index in [0.717, 1.165) is 12.8 Å². The van der Waals surface area contributed by atoms with Crippen LogP contribution in [-0.4, -0.2) is 35.3 Å². The van der Waals surface area contributed by atoms with Gasteiger partial charge in [0.2, 0.25) is 0 Å². The van der Waals surface area contributed by atoms with Crippen molar-refractivity contribution in [1.82, 2.24) is 4.90 Å². The van der Waals surface area contributed by atoms with E-state index in [0.29, 0.717) is 30.7 Å². The Morgan fingerprint density at radius 2 is 2.00 bits per heavy atom. The van der Waals surface area contributed by atoms with E-state index in [2.05, 4.69) is 0 Å². The summed E-state index contributed by atoms with van der Waals surface area (Å²) >= 11 is 5.94. The number of amides is 1. The number of benzene rings is 1. The van der Waals surface area contributed by atoms with Crippen molar-refractivity contribution in [3.05, 3.63) is 29.0 Å². The molecule has 3 atom stereocenters. The summed E-state index contributed by atoms with van der Waals surface area (Å²) in [7, 11) is 0. The van der Waals surface area contributed by atoms with Gasteiger partial charge in [0.15, 0.2) is 0 Å². The Bertz CT molecular complexity index is 525. The van der Waals surface area contributed by atoms with Gasteiger partial charge < -0.3 is 14.7 Å². The summed E-state index contributed by atoms with van der Waals surface area (Å²) in [5.41, 5.74) is 0. The average Bonchev–Trinajstić information content (AvgIpc) is 2.90. The van der Waals surface area contributed by atoms with Crippen LogP contribution in [0.2, 0.25) is 5.02 Å². The second kappa shape index (κ2) is 5.13. The number of hydrogen-bond donors (Lipinski definition) is 1. The molecular weight excluding hydrogens is 285 g/mol. The lowest BCUT2D eigenvalue weighted by Crippen LogP contribution is -2.29. The van der Waals surface area contributed by atoms with Crippen molar-refractivity contribution in [3.63, 3.8) is 0 Å². The molecule has 1 aliphatic heterocycles. The van der Waals surface area contributed by atoms with Crippen LogP contribution in [0.15, 0.2) is 18.2 Å². The number of carboxylic acid groups (broad SMARTS) is 1. The molecule has 1 aromatic carbocycles. The number of rotatable bonds is 2. The first-order valence-corrected chi connectivity index (χ1v) is 7.00. The second-order valence-corrected chi connectivity index (χ2v) is 5.90. The summed E-state index contributed by atoms with van der Waals surface area (Å²) < 4.78 is 18.8. The van der Waals surface area contributed by atoms with Crippen LogP contribution in [0.25, 0.3) is 0 Å². The molecule has 1 aromatic rings. The average molecular weight is 300 g/mol. The van der Waals surface area contributed by atoms with Crippen LogP contribution in [0.4, 0.5) is 9.18 Å². The zero-order valence-corrected chi connectivity index (χ0v) is 11.5. The molecule has 1 heterocycles. The minimum atomic E-state index is -0.849. The zero-order valence-electron chi connectivity index (χ0n) is 10.8. The lowest BCUT2D eigenvalue weighted by Gasteiger charge is -2.18. The monoisotopic (exact) mass is 299 g/mol. The molecule has 1 unspecified atom stereocenters. The molecule has 0 bridgehead atoms. The van der Waals surface area contributed by atoms with Crippen molar-refractivity contribution >= 4 is 17.7 Å². The van der Waals surface area contributed by atoms with Crippen LogP contribution in [0.3, 0.4) is 0 Å². The first-order chi connectivity index (χ1) is 9.52. The highest BCUT2D eigenvalue weighted by Gasteiger charge is 2.43. The van der Waals surface area contributed by atoms with Gasteiger partial charge in [0.25, 0.3) is 0 Å². The first-order valence-electron chi connectivity index (χ1n) is 6.62. The van der Waals surface area contributed by atoms with Crippen molar-refractivity contribution in [2.75, 3.05) is 13.1 Å². The Hall–Kier alpha value is -1.49. The molecule has 20 heavy (non-hydrogen) atoms. The summed E-state index contributed by atoms with van der Waals surface area (Å²) in [6.45, 7) is 1.16. The number of hydrogen-bond acceptors (Lipinski definition) is 2. The molecule has 4 nitrogen and oxygen atoms in total. The van der Waals surface area contributed by atoms with Crippen molar-refractivity contribution in [2.45, 2.75) is 18.9 Å². The number of nitrogens with zero attached hydrogens (tertiary/aromatic N) is 1. The third-order valence-electron chi connectivity index (χ3n) is 4.17. The Kier molecular flexibility index (Phi) is 3.46. The van der Waals surface area contributed by atoms with Crippen LogP contribution in [0, 0.1) is 17.7 Å². The van der Waals surface area contributed by atoms with Crippen molar-refractivity contribution in [2.24, 2.45) is 11.8 Å². The molecular formula is C14H15ClFNO3. The molecule has 1 N–H and O–H groups in total. The van der Waals surface area contributed by atoms with Crippen molar-refractivity contribution < 1.29 is 19.0 Å². The Morgan fingerprint density at radius 1 is 1.35 bits per heavy atom. The lowest BCUT2D eigenvalue weighted by molar-refractivity contribution is 0.144. The SMILES string of the molecule is O=C(O)N1C[C@H]2CC(Oc3ccc(F)cc3Cl)C[C@H]2C1. The largest absolute Gasteiger partial charge is 0.489 e. The number of likely N-dealkylation sites (tertiary alicyclic amines) is 1. The maximum Gasteiger partial charge on any atom is 0.407 e. The minimum absolute atomic E-state index is 0.0314. The number of fused-ring (bicyclic) bond motifs is 1. The smallest absolute Gasteiger partial charge is 0.407 e. The molecule has 6 heteroatoms. The second-order valence-electron chi connectivity index (χ2n) is 5.49. The van der Waals surface area contributed by atoms with Gasteiger partial charge in [-0.1, -0.05) is 11.6 Å². The zero-order chi connectivity index (χ0) is 14.3. The van der Waals surface area contributed by atoms with Gasteiger partial charge in [0, 0.05) is 13.1 Å². The topological polar surface area (TPSA) is 49.8 Å². The Balaban J connectivity index is 1.61. The van der Waals surface area contributed by atoms with Crippen molar-refractivity contribution in [3.8, 4) is 5.75 Å². The van der Waals surface area contributed by atoms with Gasteiger partial charge in [-0.15, -0.1) is 0 Å². The maximum atomic E-state index is 13.0. The summed E-state index contributed by atoms with van der Waals surface area (Å²) in [4.78, 5) is 12.4. The number of ether oxygens (including phenoxy) is 1. The Labute approximate surface area is 121 Å². The summed E-state index contributed by atoms with van der Waals surface area (Å²) in [5.74, 6) is 0.821. The molecule has 0 aromatic heterocycles. The third kappa shape index (κ3) is 2.54. The first kappa shape index (κ1) is 13.5. The van der Waals surface area contributed by atoms with Gasteiger partial charge in [-0.2, -0.15) is 0 Å². The van der Waals surface area contributed by atoms with Gasteiger partial charge >= 0.3 is 6.09 Å². The van der Waals surface area contributed by atoms with Gasteiger partial charge in [0.1, 0.15) is 11.6 Å². The molecule has 2 aliphatic rings. The van der Waals surface area contributed by atoms with E-state index >= 15 is 0 Å². The minimum Gasteiger partial charge on any atom is -0.489 e. The maximum absolute atomic E-state index is 13.0. The molecule has 1 aliphatic carbocycles. The molecule has 108 valence electrons. The highest BCUT2D eigenvalue weighted by atomic mass is 35.5. The fourth-order valence-corrected chi connectivity index (χ4v) is 3.46. The third-order valence-corrected chi connectivity index (χ3v) is 4.46. The fraction of sp³-hybridized carbons (Fsp3) is 0.500. The quantitative estimate of drug-likeness (QED) is 0.912. The molecule has 1 amide bonds. The van der Waals surface area contributed by atoms with E-state index in [1.165, 1.54) is 23.1 Å². The molecule has 0 radical (unpaired) electrons. The fourth-order valence-electron chi connectivity index (χ4n) is 3.25. The predicted octanol–water partition coefficient (Wildman–Crippen LogP) is 3.25. The number of carbonyl (C=O) groups is 1. The standard InChI is InChI=1S/C14H15ClFNO3/c15-12-5-10(16)1-2-13(12)20-11-3-8-6-17(14(18)19)7-9(8)4-11/h1-2,5,8-9,11H,3-4,6-7H2,(H,18,19)/t8-,9+,11?. The molecule has 1 saturated carbocycles. The van der Waals surface area contributed by atoms with Crippen molar-refractivity contribution in [1.29, 1.82) is 0 Å². The highest BCUT2D eigenvalue weighted by molar-refractivity contribution is 6.32. The van der Waals surface area contributed by atoms with E-state index in [9.17, 15) is 9.18 Å². The van der Waals surface area contributed by atoms with E-state index < -0.39 is 6.09 Å². The van der Waals surface area contributed by atoms with Gasteiger partial charge in [-0.3, -0.25) is 0 Å². The molecule has 3 rings (SSSR count). The van der Waals surface area contributed by atoms with E-state index in [1.54, 1.807) is 0 Å². The van der Waals surface area contributed by atoms with Crippen LogP contribution in [-0.2, 0) is 0 Å². The Morgan fingerprint density at radius 3 is 2.55 bits per heavy atom. The lowest BCUT2D eigenvalue weighted by atomic mass is 10.0. The van der Waals surface area contributed by atoms with Gasteiger partial charge in [-0.25, -0.2) is 9.18 Å². The van der Waals surface area contributed by atoms with E-state index in [-0.39, 0.29) is 16.9 Å². The van der Waals surface area contributed by atoms with E-state index in [1.807, 2.05) is 0 Å². The van der Waals surface area contributed by atoms with Gasteiger partial charge in [-0.05, 0) is 42.9 Å². The molecule has 1 saturated heterocycles. The van der Waals surface area contributed by atoms with Crippen LogP contribution >= 0.6 is 11.6 Å². The number of halogens is 2. The highest BCUT2D eigenvalue weighted by Crippen LogP contribution is 2.40.